The highest BCUT2D eigenvalue weighted by Gasteiger charge is 2.53. The number of benzene rings is 2. The second kappa shape index (κ2) is 8.59. The van der Waals surface area contributed by atoms with Crippen LogP contribution in [-0.4, -0.2) is 59.8 Å². The minimum Gasteiger partial charge on any atom is -0.492 e. The number of hydrogen-bond acceptors (Lipinski definition) is 6. The lowest BCUT2D eigenvalue weighted by molar-refractivity contribution is -0.136. The number of rotatable bonds is 5. The minimum absolute atomic E-state index is 0.00154. The predicted molar refractivity (Wildman–Crippen MR) is 135 cm³/mol. The molecule has 1 aromatic heterocycles. The SMILES string of the molecule is CC1(O)CC(n2cnc3cc(OCCN4CCC5(CC4)c4ccccc4NS5(=O)=O)cc(C(F)(F)F)c32)C1. The first kappa shape index (κ1) is 25.4. The molecular formula is C26H29F3N4O4S. The van der Waals surface area contributed by atoms with Crippen LogP contribution in [0.2, 0.25) is 0 Å². The van der Waals surface area contributed by atoms with Crippen molar-refractivity contribution < 1.29 is 31.4 Å². The van der Waals surface area contributed by atoms with Crippen molar-refractivity contribution in [2.45, 2.75) is 55.2 Å². The van der Waals surface area contributed by atoms with Crippen LogP contribution in [0.3, 0.4) is 0 Å². The zero-order chi connectivity index (χ0) is 26.9. The standard InChI is InChI=1S/C26H29F3N4O4S/c1-24(34)14-17(15-24)33-16-30-22-13-18(12-20(23(22)33)26(27,28)29)37-11-10-32-8-6-25(7-9-32)19-4-2-3-5-21(19)31-38(25,35)36/h2-5,12-13,16-17,31,34H,6-11,14-15H2,1H3. The molecule has 2 aromatic carbocycles. The van der Waals surface area contributed by atoms with E-state index in [1.807, 2.05) is 12.1 Å². The summed E-state index contributed by atoms with van der Waals surface area (Å²) in [6, 6.07) is 9.55. The van der Waals surface area contributed by atoms with Gasteiger partial charge in [0.25, 0.3) is 0 Å². The quantitative estimate of drug-likeness (QED) is 0.493. The third kappa shape index (κ3) is 4.13. The molecule has 0 radical (unpaired) electrons. The predicted octanol–water partition coefficient (Wildman–Crippen LogP) is 4.27. The fraction of sp³-hybridized carbons (Fsp3) is 0.500. The molecule has 1 spiro atoms. The average Bonchev–Trinajstić information content (AvgIpc) is 3.34. The summed E-state index contributed by atoms with van der Waals surface area (Å²) in [5.41, 5.74) is -0.0681. The molecule has 2 N–H and O–H groups in total. The van der Waals surface area contributed by atoms with Crippen LogP contribution in [0.15, 0.2) is 42.7 Å². The number of imidazole rings is 1. The van der Waals surface area contributed by atoms with E-state index in [-0.39, 0.29) is 29.4 Å². The molecule has 0 bridgehead atoms. The van der Waals surface area contributed by atoms with E-state index in [1.165, 1.54) is 17.0 Å². The number of fused-ring (bicyclic) bond motifs is 3. The number of para-hydroxylation sites is 1. The van der Waals surface area contributed by atoms with Gasteiger partial charge in [0.1, 0.15) is 17.1 Å². The first-order valence-electron chi connectivity index (χ1n) is 12.7. The lowest BCUT2D eigenvalue weighted by Gasteiger charge is -2.41. The van der Waals surface area contributed by atoms with Crippen LogP contribution in [0.5, 0.6) is 5.75 Å². The maximum atomic E-state index is 14.0. The number of aliphatic hydroxyl groups is 1. The van der Waals surface area contributed by atoms with E-state index in [0.29, 0.717) is 51.0 Å². The highest BCUT2D eigenvalue weighted by molar-refractivity contribution is 7.94. The van der Waals surface area contributed by atoms with E-state index >= 15 is 0 Å². The number of hydrogen-bond donors (Lipinski definition) is 2. The zero-order valence-corrected chi connectivity index (χ0v) is 21.6. The van der Waals surface area contributed by atoms with Gasteiger partial charge < -0.3 is 14.4 Å². The fourth-order valence-electron chi connectivity index (χ4n) is 6.20. The van der Waals surface area contributed by atoms with Gasteiger partial charge in [0.15, 0.2) is 0 Å². The van der Waals surface area contributed by atoms with Crippen molar-refractivity contribution in [3.05, 3.63) is 53.9 Å². The average molecular weight is 551 g/mol. The van der Waals surface area contributed by atoms with Crippen molar-refractivity contribution in [1.29, 1.82) is 0 Å². The van der Waals surface area contributed by atoms with Crippen LogP contribution in [0, 0.1) is 0 Å². The van der Waals surface area contributed by atoms with Gasteiger partial charge in [0, 0.05) is 31.7 Å². The van der Waals surface area contributed by atoms with E-state index in [2.05, 4.69) is 14.6 Å². The Hall–Kier alpha value is -2.83. The summed E-state index contributed by atoms with van der Waals surface area (Å²) in [6.45, 7) is 3.34. The van der Waals surface area contributed by atoms with Gasteiger partial charge in [-0.1, -0.05) is 18.2 Å². The number of anilines is 1. The molecule has 2 fully saturated rings. The van der Waals surface area contributed by atoms with Crippen LogP contribution >= 0.6 is 0 Å². The van der Waals surface area contributed by atoms with E-state index in [4.69, 9.17) is 4.74 Å². The topological polar surface area (TPSA) is 96.7 Å². The Kier molecular flexibility index (Phi) is 5.75. The lowest BCUT2D eigenvalue weighted by atomic mass is 9.77. The van der Waals surface area contributed by atoms with Gasteiger partial charge in [-0.3, -0.25) is 9.62 Å². The van der Waals surface area contributed by atoms with Crippen molar-refractivity contribution in [3.8, 4) is 5.75 Å². The van der Waals surface area contributed by atoms with Crippen LogP contribution < -0.4 is 9.46 Å². The van der Waals surface area contributed by atoms with Crippen LogP contribution in [0.1, 0.15) is 49.8 Å². The van der Waals surface area contributed by atoms with E-state index in [9.17, 15) is 26.7 Å². The molecule has 12 heteroatoms. The summed E-state index contributed by atoms with van der Waals surface area (Å²) in [5, 5.41) is 10.0. The Labute approximate surface area is 218 Å². The molecule has 3 aliphatic rings. The fourth-order valence-corrected chi connectivity index (χ4v) is 8.05. The van der Waals surface area contributed by atoms with Gasteiger partial charge in [-0.15, -0.1) is 0 Å². The molecule has 38 heavy (non-hydrogen) atoms. The van der Waals surface area contributed by atoms with Crippen LogP contribution in [-0.2, 0) is 20.9 Å². The van der Waals surface area contributed by atoms with Crippen molar-refractivity contribution in [2.24, 2.45) is 0 Å². The second-order valence-electron chi connectivity index (χ2n) is 10.9. The third-order valence-corrected chi connectivity index (χ3v) is 10.4. The Morgan fingerprint density at radius 2 is 1.89 bits per heavy atom. The molecule has 2 aliphatic heterocycles. The monoisotopic (exact) mass is 550 g/mol. The molecule has 0 amide bonds. The number of alkyl halides is 3. The number of ether oxygens (including phenoxy) is 1. The Balaban J connectivity index is 1.14. The number of nitrogens with one attached hydrogen (secondary N) is 1. The number of sulfonamides is 1. The second-order valence-corrected chi connectivity index (χ2v) is 12.9. The molecule has 1 saturated heterocycles. The minimum atomic E-state index is -4.60. The number of likely N-dealkylation sites (tertiary alicyclic amines) is 1. The summed E-state index contributed by atoms with van der Waals surface area (Å²) in [6.07, 6.45) is -1.61. The first-order valence-corrected chi connectivity index (χ1v) is 14.1. The molecule has 1 saturated carbocycles. The number of nitrogens with zero attached hydrogens (tertiary/aromatic N) is 3. The Morgan fingerprint density at radius 1 is 1.18 bits per heavy atom. The van der Waals surface area contributed by atoms with Crippen LogP contribution in [0.25, 0.3) is 11.0 Å². The number of halogens is 3. The summed E-state index contributed by atoms with van der Waals surface area (Å²) < 4.78 is 76.9. The van der Waals surface area contributed by atoms with Crippen molar-refractivity contribution in [2.75, 3.05) is 31.0 Å². The van der Waals surface area contributed by atoms with Crippen molar-refractivity contribution in [3.63, 3.8) is 0 Å². The molecular weight excluding hydrogens is 521 g/mol. The molecule has 3 heterocycles. The van der Waals surface area contributed by atoms with Crippen molar-refractivity contribution in [1.82, 2.24) is 14.5 Å². The highest BCUT2D eigenvalue weighted by atomic mass is 32.2. The van der Waals surface area contributed by atoms with Gasteiger partial charge in [0.2, 0.25) is 10.0 Å². The van der Waals surface area contributed by atoms with E-state index < -0.39 is 32.1 Å². The molecule has 0 unspecified atom stereocenters. The zero-order valence-electron chi connectivity index (χ0n) is 20.8. The summed E-state index contributed by atoms with van der Waals surface area (Å²) in [7, 11) is -3.54. The Morgan fingerprint density at radius 3 is 2.58 bits per heavy atom. The van der Waals surface area contributed by atoms with Crippen molar-refractivity contribution >= 4 is 26.7 Å². The Bertz CT molecular complexity index is 1490. The van der Waals surface area contributed by atoms with Gasteiger partial charge in [0.05, 0.1) is 34.2 Å². The van der Waals surface area contributed by atoms with Gasteiger partial charge >= 0.3 is 6.18 Å². The summed E-state index contributed by atoms with van der Waals surface area (Å²) in [5.74, 6) is 0.0839. The van der Waals surface area contributed by atoms with Crippen LogP contribution in [0.4, 0.5) is 18.9 Å². The summed E-state index contributed by atoms with van der Waals surface area (Å²) >= 11 is 0. The number of aromatic nitrogens is 2. The number of piperidine rings is 1. The smallest absolute Gasteiger partial charge is 0.418 e. The molecule has 8 nitrogen and oxygen atoms in total. The van der Waals surface area contributed by atoms with Gasteiger partial charge in [-0.05, 0) is 50.3 Å². The third-order valence-electron chi connectivity index (χ3n) is 8.21. The van der Waals surface area contributed by atoms with E-state index in [1.54, 1.807) is 19.1 Å². The maximum Gasteiger partial charge on any atom is 0.418 e. The summed E-state index contributed by atoms with van der Waals surface area (Å²) in [4.78, 5) is 6.27. The van der Waals surface area contributed by atoms with Gasteiger partial charge in [-0.2, -0.15) is 13.2 Å². The molecule has 0 atom stereocenters. The maximum absolute atomic E-state index is 14.0. The lowest BCUT2D eigenvalue weighted by Crippen LogP contribution is -2.47. The van der Waals surface area contributed by atoms with Gasteiger partial charge in [-0.25, -0.2) is 13.4 Å². The molecule has 6 rings (SSSR count). The molecule has 204 valence electrons. The normalized spacial score (nSPS) is 26.2. The highest BCUT2D eigenvalue weighted by Crippen LogP contribution is 2.49. The largest absolute Gasteiger partial charge is 0.492 e. The first-order chi connectivity index (χ1) is 17.9. The molecule has 1 aliphatic carbocycles. The molecule has 3 aromatic rings. The van der Waals surface area contributed by atoms with E-state index in [0.717, 1.165) is 11.6 Å².